The Hall–Kier alpha value is -1.38. The van der Waals surface area contributed by atoms with Crippen molar-refractivity contribution in [2.75, 3.05) is 0 Å². The summed E-state index contributed by atoms with van der Waals surface area (Å²) in [5, 5.41) is 0. The van der Waals surface area contributed by atoms with E-state index in [-0.39, 0.29) is 11.0 Å². The second-order valence-corrected chi connectivity index (χ2v) is 7.61. The molecule has 1 N–H and O–H groups in total. The Morgan fingerprint density at radius 1 is 1.13 bits per heavy atom. The van der Waals surface area contributed by atoms with Crippen molar-refractivity contribution in [3.63, 3.8) is 0 Å². The number of hydrogen-bond acceptors (Lipinski definition) is 2. The molecule has 0 aliphatic carbocycles. The van der Waals surface area contributed by atoms with Gasteiger partial charge in [0.2, 0.25) is 10.0 Å². The zero-order valence-electron chi connectivity index (χ0n) is 12.0. The summed E-state index contributed by atoms with van der Waals surface area (Å²) < 4.78 is 65.3. The van der Waals surface area contributed by atoms with E-state index >= 15 is 0 Å². The van der Waals surface area contributed by atoms with Gasteiger partial charge in [0.15, 0.2) is 0 Å². The summed E-state index contributed by atoms with van der Waals surface area (Å²) in [5.41, 5.74) is 0.616. The molecule has 3 nitrogen and oxygen atoms in total. The second kappa shape index (κ2) is 6.62. The van der Waals surface area contributed by atoms with Crippen LogP contribution in [0.15, 0.2) is 51.8 Å². The van der Waals surface area contributed by atoms with E-state index < -0.39 is 26.7 Å². The summed E-state index contributed by atoms with van der Waals surface area (Å²) in [6.45, 7) is 1.83. The summed E-state index contributed by atoms with van der Waals surface area (Å²) >= 11 is 2.91. The van der Waals surface area contributed by atoms with Gasteiger partial charge in [-0.15, -0.1) is 0 Å². The second-order valence-electron chi connectivity index (χ2n) is 4.92. The fraction of sp³-hybridized carbons (Fsp3) is 0.200. The molecule has 0 aliphatic rings. The lowest BCUT2D eigenvalue weighted by atomic mass is 10.1. The first-order valence-electron chi connectivity index (χ1n) is 6.51. The number of halogens is 4. The van der Waals surface area contributed by atoms with Crippen molar-refractivity contribution in [1.29, 1.82) is 0 Å². The summed E-state index contributed by atoms with van der Waals surface area (Å²) in [7, 11) is -4.06. The van der Waals surface area contributed by atoms with Crippen LogP contribution >= 0.6 is 15.9 Å². The van der Waals surface area contributed by atoms with Gasteiger partial charge in [0.1, 0.15) is 0 Å². The number of hydrogen-bond donors (Lipinski definition) is 1. The number of benzene rings is 2. The molecule has 124 valence electrons. The van der Waals surface area contributed by atoms with E-state index in [2.05, 4.69) is 20.7 Å². The number of rotatable bonds is 4. The fourth-order valence-corrected chi connectivity index (χ4v) is 3.67. The Kier molecular flexibility index (Phi) is 5.17. The van der Waals surface area contributed by atoms with Gasteiger partial charge in [-0.25, -0.2) is 13.1 Å². The Balaban J connectivity index is 2.30. The summed E-state index contributed by atoms with van der Waals surface area (Å²) in [5.74, 6) is 0. The van der Waals surface area contributed by atoms with Crippen LogP contribution in [0.1, 0.15) is 16.7 Å². The van der Waals surface area contributed by atoms with E-state index in [0.717, 1.165) is 23.3 Å². The number of sulfonamides is 1. The van der Waals surface area contributed by atoms with Crippen molar-refractivity contribution in [1.82, 2.24) is 4.72 Å². The molecule has 0 fully saturated rings. The summed E-state index contributed by atoms with van der Waals surface area (Å²) in [4.78, 5) is -0.437. The largest absolute Gasteiger partial charge is 0.416 e. The fourth-order valence-electron chi connectivity index (χ4n) is 1.95. The van der Waals surface area contributed by atoms with Crippen molar-refractivity contribution < 1.29 is 21.6 Å². The monoisotopic (exact) mass is 407 g/mol. The lowest BCUT2D eigenvalue weighted by Crippen LogP contribution is -2.24. The average Bonchev–Trinajstić information content (AvgIpc) is 2.45. The highest BCUT2D eigenvalue weighted by molar-refractivity contribution is 9.10. The van der Waals surface area contributed by atoms with E-state index in [0.29, 0.717) is 6.07 Å². The topological polar surface area (TPSA) is 46.2 Å². The van der Waals surface area contributed by atoms with E-state index in [9.17, 15) is 21.6 Å². The molecule has 2 aromatic rings. The molecule has 0 spiro atoms. The van der Waals surface area contributed by atoms with Crippen LogP contribution < -0.4 is 4.72 Å². The third kappa shape index (κ3) is 4.55. The number of alkyl halides is 3. The quantitative estimate of drug-likeness (QED) is 0.822. The third-order valence-corrected chi connectivity index (χ3v) is 5.06. The third-order valence-electron chi connectivity index (χ3n) is 3.22. The standard InChI is InChI=1S/C15H13BrF3NO2S/c1-10-4-2-3-5-11(10)9-20-23(21,22)14-7-12(15(17,18)19)6-13(16)8-14/h2-8,20H,9H2,1H3. The normalized spacial score (nSPS) is 12.4. The van der Waals surface area contributed by atoms with E-state index in [1.54, 1.807) is 12.1 Å². The first-order valence-corrected chi connectivity index (χ1v) is 8.79. The van der Waals surface area contributed by atoms with Gasteiger partial charge in [-0.3, -0.25) is 0 Å². The van der Waals surface area contributed by atoms with Crippen LogP contribution in [0.25, 0.3) is 0 Å². The Labute approximate surface area is 140 Å². The Bertz CT molecular complexity index is 820. The lowest BCUT2D eigenvalue weighted by Gasteiger charge is -2.12. The molecule has 0 atom stereocenters. The van der Waals surface area contributed by atoms with Gasteiger partial charge >= 0.3 is 6.18 Å². The SMILES string of the molecule is Cc1ccccc1CNS(=O)(=O)c1cc(Br)cc(C(F)(F)F)c1. The maximum absolute atomic E-state index is 12.8. The van der Waals surface area contributed by atoms with E-state index in [1.807, 2.05) is 19.1 Å². The smallest absolute Gasteiger partial charge is 0.207 e. The number of aryl methyl sites for hydroxylation is 1. The number of nitrogens with one attached hydrogen (secondary N) is 1. The molecule has 0 aromatic heterocycles. The highest BCUT2D eigenvalue weighted by atomic mass is 79.9. The van der Waals surface area contributed by atoms with Crippen molar-refractivity contribution in [3.05, 3.63) is 63.6 Å². The van der Waals surface area contributed by atoms with Crippen LogP contribution in [-0.2, 0) is 22.7 Å². The molecule has 0 radical (unpaired) electrons. The van der Waals surface area contributed by atoms with Gasteiger partial charge in [0.05, 0.1) is 10.5 Å². The minimum atomic E-state index is -4.62. The maximum Gasteiger partial charge on any atom is 0.416 e. The molecule has 8 heteroatoms. The molecule has 0 unspecified atom stereocenters. The van der Waals surface area contributed by atoms with Gasteiger partial charge in [0.25, 0.3) is 0 Å². The van der Waals surface area contributed by atoms with Gasteiger partial charge in [-0.2, -0.15) is 13.2 Å². The highest BCUT2D eigenvalue weighted by Gasteiger charge is 2.32. The van der Waals surface area contributed by atoms with Gasteiger partial charge in [-0.05, 0) is 36.2 Å². The minimum Gasteiger partial charge on any atom is -0.207 e. The van der Waals surface area contributed by atoms with Gasteiger partial charge in [0, 0.05) is 11.0 Å². The molecular formula is C15H13BrF3NO2S. The van der Waals surface area contributed by atoms with E-state index in [4.69, 9.17) is 0 Å². The molecule has 0 saturated heterocycles. The van der Waals surface area contributed by atoms with Crippen LogP contribution in [-0.4, -0.2) is 8.42 Å². The molecule has 0 heterocycles. The zero-order chi connectivity index (χ0) is 17.3. The molecule has 0 saturated carbocycles. The van der Waals surface area contributed by atoms with Crippen molar-refractivity contribution in [2.24, 2.45) is 0 Å². The Morgan fingerprint density at radius 3 is 2.39 bits per heavy atom. The van der Waals surface area contributed by atoms with E-state index in [1.165, 1.54) is 0 Å². The van der Waals surface area contributed by atoms with Crippen molar-refractivity contribution in [3.8, 4) is 0 Å². The van der Waals surface area contributed by atoms with Crippen LogP contribution in [0.4, 0.5) is 13.2 Å². The zero-order valence-corrected chi connectivity index (χ0v) is 14.4. The van der Waals surface area contributed by atoms with Crippen molar-refractivity contribution in [2.45, 2.75) is 24.5 Å². The van der Waals surface area contributed by atoms with Crippen LogP contribution in [0, 0.1) is 6.92 Å². The van der Waals surface area contributed by atoms with Crippen LogP contribution in [0.2, 0.25) is 0 Å². The molecule has 0 bridgehead atoms. The first-order chi connectivity index (χ1) is 10.6. The molecule has 2 rings (SSSR count). The molecule has 0 aliphatic heterocycles. The lowest BCUT2D eigenvalue weighted by molar-refractivity contribution is -0.137. The molecule has 23 heavy (non-hydrogen) atoms. The summed E-state index contributed by atoms with van der Waals surface area (Å²) in [6, 6.07) is 9.74. The Morgan fingerprint density at radius 2 is 1.78 bits per heavy atom. The predicted molar refractivity (Wildman–Crippen MR) is 84.3 cm³/mol. The van der Waals surface area contributed by atoms with Crippen LogP contribution in [0.3, 0.4) is 0 Å². The summed E-state index contributed by atoms with van der Waals surface area (Å²) in [6.07, 6.45) is -4.62. The average molecular weight is 408 g/mol. The minimum absolute atomic E-state index is 0.00285. The van der Waals surface area contributed by atoms with Crippen molar-refractivity contribution >= 4 is 26.0 Å². The van der Waals surface area contributed by atoms with Crippen LogP contribution in [0.5, 0.6) is 0 Å². The predicted octanol–water partition coefficient (Wildman–Crippen LogP) is 4.25. The molecule has 0 amide bonds. The van der Waals surface area contributed by atoms with Gasteiger partial charge < -0.3 is 0 Å². The molecule has 2 aromatic carbocycles. The molecular weight excluding hydrogens is 395 g/mol. The van der Waals surface area contributed by atoms with Gasteiger partial charge in [-0.1, -0.05) is 40.2 Å². The maximum atomic E-state index is 12.8. The first kappa shape index (κ1) is 18.0. The highest BCUT2D eigenvalue weighted by Crippen LogP contribution is 2.33.